The Balaban J connectivity index is 3.15. The summed E-state index contributed by atoms with van der Waals surface area (Å²) in [6.45, 7) is 15.3. The lowest BCUT2D eigenvalue weighted by Crippen LogP contribution is -2.24. The molecule has 0 saturated heterocycles. The molecular weight excluding hydrogens is 588 g/mol. The number of carbonyl (C=O) groups excluding carboxylic acids is 2. The van der Waals surface area contributed by atoms with Crippen LogP contribution in [0.15, 0.2) is 0 Å². The summed E-state index contributed by atoms with van der Waals surface area (Å²) in [4.78, 5) is 23.3. The summed E-state index contributed by atoms with van der Waals surface area (Å²) in [5, 5.41) is 0. The first-order chi connectivity index (χ1) is 21.8. The summed E-state index contributed by atoms with van der Waals surface area (Å²) in [5.41, 5.74) is -0.474. The van der Waals surface area contributed by atoms with Crippen LogP contribution >= 0.6 is 0 Å². The molecule has 0 radical (unpaired) electrons. The highest BCUT2D eigenvalue weighted by molar-refractivity contribution is 5.70. The lowest BCUT2D eigenvalue weighted by atomic mass is 10.1. The smallest absolute Gasteiger partial charge is 0.308 e. The molecule has 12 nitrogen and oxygen atoms in total. The fraction of sp³-hybridized carbons (Fsp3) is 0.939. The Bertz CT molecular complexity index is 642. The van der Waals surface area contributed by atoms with E-state index in [1.54, 1.807) is 0 Å². The van der Waals surface area contributed by atoms with E-state index in [-0.39, 0.29) is 25.0 Å². The Morgan fingerprint density at radius 2 is 0.733 bits per heavy atom. The van der Waals surface area contributed by atoms with Crippen molar-refractivity contribution in [3.8, 4) is 0 Å². The van der Waals surface area contributed by atoms with Crippen LogP contribution in [0, 0.1) is 0 Å². The number of hydrogen-bond donors (Lipinski definition) is 0. The fourth-order valence-corrected chi connectivity index (χ4v) is 3.70. The van der Waals surface area contributed by atoms with Crippen molar-refractivity contribution in [2.45, 2.75) is 91.1 Å². The first-order valence-corrected chi connectivity index (χ1v) is 16.8. The van der Waals surface area contributed by atoms with Crippen LogP contribution in [0.3, 0.4) is 0 Å². The molecule has 0 aliphatic rings. The zero-order chi connectivity index (χ0) is 33.1. The van der Waals surface area contributed by atoms with Crippen molar-refractivity contribution in [3.63, 3.8) is 0 Å². The second-order valence-electron chi connectivity index (χ2n) is 11.3. The van der Waals surface area contributed by atoms with E-state index in [0.29, 0.717) is 112 Å². The quantitative estimate of drug-likeness (QED) is 0.0705. The van der Waals surface area contributed by atoms with Gasteiger partial charge in [-0.05, 0) is 27.2 Å². The molecule has 0 atom stereocenters. The zero-order valence-electron chi connectivity index (χ0n) is 28.8. The Hall–Kier alpha value is -1.38. The van der Waals surface area contributed by atoms with Gasteiger partial charge in [-0.2, -0.15) is 0 Å². The van der Waals surface area contributed by atoms with Crippen LogP contribution in [0.2, 0.25) is 0 Å². The van der Waals surface area contributed by atoms with Gasteiger partial charge < -0.3 is 47.4 Å². The van der Waals surface area contributed by atoms with Crippen LogP contribution in [-0.2, 0) is 57.0 Å². The highest BCUT2D eigenvalue weighted by Gasteiger charge is 2.15. The van der Waals surface area contributed by atoms with Gasteiger partial charge in [0, 0.05) is 6.42 Å². The highest BCUT2D eigenvalue weighted by Crippen LogP contribution is 2.09. The molecule has 0 aliphatic heterocycles. The monoisotopic (exact) mass is 652 g/mol. The van der Waals surface area contributed by atoms with Gasteiger partial charge in [-0.3, -0.25) is 9.59 Å². The zero-order valence-corrected chi connectivity index (χ0v) is 28.8. The van der Waals surface area contributed by atoms with Gasteiger partial charge in [0.05, 0.1) is 112 Å². The summed E-state index contributed by atoms with van der Waals surface area (Å²) < 4.78 is 53.9. The SMILES string of the molecule is CCCCCCCCCC(=O)OCCOCCOCCOCCOCCOCCOCCOCCOCCC(=O)OC(C)(C)C. The van der Waals surface area contributed by atoms with Crippen LogP contribution in [0.5, 0.6) is 0 Å². The minimum Gasteiger partial charge on any atom is -0.463 e. The van der Waals surface area contributed by atoms with E-state index in [4.69, 9.17) is 47.4 Å². The van der Waals surface area contributed by atoms with Crippen molar-refractivity contribution in [2.75, 3.05) is 112 Å². The third kappa shape index (κ3) is 38.7. The molecule has 0 aromatic rings. The lowest BCUT2D eigenvalue weighted by molar-refractivity contribution is -0.156. The van der Waals surface area contributed by atoms with Crippen molar-refractivity contribution in [1.82, 2.24) is 0 Å². The van der Waals surface area contributed by atoms with Crippen LogP contribution in [0.1, 0.15) is 85.5 Å². The number of carbonyl (C=O) groups is 2. The molecule has 0 aromatic heterocycles. The van der Waals surface area contributed by atoms with Crippen molar-refractivity contribution < 1.29 is 57.0 Å². The number of unbranched alkanes of at least 4 members (excludes halogenated alkanes) is 6. The van der Waals surface area contributed by atoms with Gasteiger partial charge in [0.1, 0.15) is 12.2 Å². The molecule has 0 N–H and O–H groups in total. The molecule has 0 aromatic carbocycles. The Morgan fingerprint density at radius 3 is 1.11 bits per heavy atom. The third-order valence-corrected chi connectivity index (χ3v) is 5.95. The molecular formula is C33H64O12. The highest BCUT2D eigenvalue weighted by atomic mass is 16.6. The van der Waals surface area contributed by atoms with E-state index in [1.807, 2.05) is 20.8 Å². The minimum absolute atomic E-state index is 0.144. The Morgan fingerprint density at radius 1 is 0.400 bits per heavy atom. The van der Waals surface area contributed by atoms with Crippen LogP contribution < -0.4 is 0 Å². The summed E-state index contributed by atoms with van der Waals surface area (Å²) in [5.74, 6) is -0.409. The van der Waals surface area contributed by atoms with E-state index in [1.165, 1.54) is 32.1 Å². The number of hydrogen-bond acceptors (Lipinski definition) is 12. The average Bonchev–Trinajstić information content (AvgIpc) is 2.99. The number of rotatable bonds is 35. The predicted molar refractivity (Wildman–Crippen MR) is 171 cm³/mol. The first kappa shape index (κ1) is 43.6. The molecule has 12 heteroatoms. The molecule has 45 heavy (non-hydrogen) atoms. The lowest BCUT2D eigenvalue weighted by Gasteiger charge is -2.19. The largest absolute Gasteiger partial charge is 0.463 e. The van der Waals surface area contributed by atoms with E-state index in [2.05, 4.69) is 6.92 Å². The van der Waals surface area contributed by atoms with Crippen LogP contribution in [0.4, 0.5) is 0 Å². The fourth-order valence-electron chi connectivity index (χ4n) is 3.70. The number of esters is 2. The molecule has 0 fully saturated rings. The molecule has 0 amide bonds. The van der Waals surface area contributed by atoms with E-state index < -0.39 is 5.60 Å². The molecule has 0 unspecified atom stereocenters. The van der Waals surface area contributed by atoms with Gasteiger partial charge in [0.25, 0.3) is 0 Å². The number of ether oxygens (including phenoxy) is 10. The molecule has 0 heterocycles. The topological polar surface area (TPSA) is 126 Å². The van der Waals surface area contributed by atoms with Gasteiger partial charge >= 0.3 is 11.9 Å². The van der Waals surface area contributed by atoms with Crippen molar-refractivity contribution in [2.24, 2.45) is 0 Å². The van der Waals surface area contributed by atoms with Gasteiger partial charge in [-0.1, -0.05) is 45.4 Å². The van der Waals surface area contributed by atoms with Crippen molar-refractivity contribution in [3.05, 3.63) is 0 Å². The Kier molecular flexibility index (Phi) is 32.9. The predicted octanol–water partition coefficient (Wildman–Crippen LogP) is 4.53. The second kappa shape index (κ2) is 34.0. The summed E-state index contributed by atoms with van der Waals surface area (Å²) in [7, 11) is 0. The maximum atomic E-state index is 11.7. The summed E-state index contributed by atoms with van der Waals surface area (Å²) in [6, 6.07) is 0. The van der Waals surface area contributed by atoms with Gasteiger partial charge in [0.15, 0.2) is 0 Å². The van der Waals surface area contributed by atoms with Gasteiger partial charge in [0.2, 0.25) is 0 Å². The molecule has 0 saturated carbocycles. The molecule has 0 aliphatic carbocycles. The van der Waals surface area contributed by atoms with Crippen molar-refractivity contribution in [1.29, 1.82) is 0 Å². The second-order valence-corrected chi connectivity index (χ2v) is 11.3. The first-order valence-electron chi connectivity index (χ1n) is 16.8. The van der Waals surface area contributed by atoms with Crippen molar-refractivity contribution >= 4 is 11.9 Å². The standard InChI is InChI=1S/C33H64O12/c1-5-6-7-8-9-10-11-12-31(34)44-30-29-43-28-27-42-26-25-41-24-23-40-22-21-39-20-19-38-18-17-37-16-15-36-14-13-32(35)45-33(2,3)4/h5-30H2,1-4H3. The third-order valence-electron chi connectivity index (χ3n) is 5.95. The van der Waals surface area contributed by atoms with E-state index in [0.717, 1.165) is 12.8 Å². The maximum Gasteiger partial charge on any atom is 0.308 e. The van der Waals surface area contributed by atoms with Crippen LogP contribution in [-0.4, -0.2) is 130 Å². The molecule has 0 bridgehead atoms. The summed E-state index contributed by atoms with van der Waals surface area (Å²) in [6.07, 6.45) is 9.01. The van der Waals surface area contributed by atoms with E-state index >= 15 is 0 Å². The van der Waals surface area contributed by atoms with Crippen LogP contribution in [0.25, 0.3) is 0 Å². The normalized spacial score (nSPS) is 11.6. The summed E-state index contributed by atoms with van der Waals surface area (Å²) >= 11 is 0. The maximum absolute atomic E-state index is 11.7. The average molecular weight is 653 g/mol. The van der Waals surface area contributed by atoms with E-state index in [9.17, 15) is 9.59 Å². The van der Waals surface area contributed by atoms with Gasteiger partial charge in [-0.15, -0.1) is 0 Å². The Labute approximate surface area is 272 Å². The van der Waals surface area contributed by atoms with Gasteiger partial charge in [-0.25, -0.2) is 0 Å². The molecule has 268 valence electrons. The minimum atomic E-state index is -0.474. The molecule has 0 spiro atoms. The molecule has 0 rings (SSSR count).